The number of nitrogens with one attached hydrogen (secondary N) is 2. The van der Waals surface area contributed by atoms with Crippen molar-refractivity contribution in [3.8, 4) is 5.75 Å². The molecule has 2 N–H and O–H groups in total. The first-order chi connectivity index (χ1) is 16.3. The Labute approximate surface area is 207 Å². The minimum atomic E-state index is -0.294. The van der Waals surface area contributed by atoms with Crippen molar-refractivity contribution < 1.29 is 14.3 Å². The van der Waals surface area contributed by atoms with Crippen LogP contribution in [0.4, 0.5) is 5.69 Å². The SMILES string of the molecule is Cc1ccc(NC(=O)COc2ccc(/C=N\NC(=O)CSc3nc(C)cc(C)n3)cc2Cl)cc1. The molecule has 0 fully saturated rings. The van der Waals surface area contributed by atoms with Crippen molar-refractivity contribution in [3.05, 3.63) is 76.1 Å². The molecule has 3 rings (SSSR count). The van der Waals surface area contributed by atoms with E-state index >= 15 is 0 Å². The number of hydrogen-bond donors (Lipinski definition) is 2. The lowest BCUT2D eigenvalue weighted by atomic mass is 10.2. The highest BCUT2D eigenvalue weighted by atomic mass is 35.5. The molecular formula is C24H24ClN5O3S. The third kappa shape index (κ3) is 8.17. The number of ether oxygens (including phenoxy) is 1. The molecule has 2 aromatic carbocycles. The van der Waals surface area contributed by atoms with Gasteiger partial charge in [0.1, 0.15) is 5.75 Å². The van der Waals surface area contributed by atoms with Crippen molar-refractivity contribution in [2.75, 3.05) is 17.7 Å². The maximum atomic E-state index is 12.1. The highest BCUT2D eigenvalue weighted by molar-refractivity contribution is 7.99. The molecule has 1 heterocycles. The summed E-state index contributed by atoms with van der Waals surface area (Å²) in [7, 11) is 0. The van der Waals surface area contributed by atoms with E-state index in [9.17, 15) is 9.59 Å². The van der Waals surface area contributed by atoms with E-state index in [-0.39, 0.29) is 24.2 Å². The molecule has 0 unspecified atom stereocenters. The van der Waals surface area contributed by atoms with Crippen LogP contribution in [-0.2, 0) is 9.59 Å². The number of nitrogens with zero attached hydrogens (tertiary/aromatic N) is 3. The molecule has 0 saturated carbocycles. The summed E-state index contributed by atoms with van der Waals surface area (Å²) < 4.78 is 5.51. The number of hydrogen-bond acceptors (Lipinski definition) is 7. The van der Waals surface area contributed by atoms with Crippen LogP contribution in [0.25, 0.3) is 0 Å². The molecule has 1 aromatic heterocycles. The molecule has 8 nitrogen and oxygen atoms in total. The molecule has 10 heteroatoms. The van der Waals surface area contributed by atoms with Crippen molar-refractivity contribution in [1.82, 2.24) is 15.4 Å². The Kier molecular flexibility index (Phi) is 9.00. The number of carbonyl (C=O) groups is 2. The Morgan fingerprint density at radius 3 is 2.41 bits per heavy atom. The van der Waals surface area contributed by atoms with Crippen molar-refractivity contribution in [2.45, 2.75) is 25.9 Å². The van der Waals surface area contributed by atoms with Crippen LogP contribution < -0.4 is 15.5 Å². The van der Waals surface area contributed by atoms with E-state index < -0.39 is 0 Å². The number of halogens is 1. The quantitative estimate of drug-likeness (QED) is 0.197. The van der Waals surface area contributed by atoms with Crippen molar-refractivity contribution >= 4 is 47.1 Å². The average Bonchev–Trinajstić information content (AvgIpc) is 2.78. The van der Waals surface area contributed by atoms with Gasteiger partial charge in [0.2, 0.25) is 0 Å². The zero-order chi connectivity index (χ0) is 24.5. The van der Waals surface area contributed by atoms with E-state index in [4.69, 9.17) is 16.3 Å². The second-order valence-corrected chi connectivity index (χ2v) is 8.76. The van der Waals surface area contributed by atoms with Gasteiger partial charge in [-0.25, -0.2) is 15.4 Å². The molecule has 0 spiro atoms. The van der Waals surface area contributed by atoms with Crippen LogP contribution in [-0.4, -0.2) is 40.4 Å². The molecule has 2 amide bonds. The van der Waals surface area contributed by atoms with Gasteiger partial charge in [0, 0.05) is 17.1 Å². The number of rotatable bonds is 9. The number of amides is 2. The van der Waals surface area contributed by atoms with Gasteiger partial charge >= 0.3 is 0 Å². The van der Waals surface area contributed by atoms with Gasteiger partial charge < -0.3 is 10.1 Å². The Morgan fingerprint density at radius 2 is 1.74 bits per heavy atom. The summed E-state index contributed by atoms with van der Waals surface area (Å²) in [4.78, 5) is 32.7. The Bertz CT molecular complexity index is 1180. The summed E-state index contributed by atoms with van der Waals surface area (Å²) in [6.45, 7) is 5.55. The topological polar surface area (TPSA) is 106 Å². The van der Waals surface area contributed by atoms with Crippen LogP contribution in [0.2, 0.25) is 5.02 Å². The van der Waals surface area contributed by atoms with Crippen LogP contribution in [0.5, 0.6) is 5.75 Å². The molecular weight excluding hydrogens is 474 g/mol. The highest BCUT2D eigenvalue weighted by Crippen LogP contribution is 2.25. The van der Waals surface area contributed by atoms with Gasteiger partial charge in [0.05, 0.1) is 17.0 Å². The summed E-state index contributed by atoms with van der Waals surface area (Å²) in [5, 5.41) is 7.57. The van der Waals surface area contributed by atoms with Gasteiger partial charge in [0.25, 0.3) is 11.8 Å². The third-order valence-corrected chi connectivity index (χ3v) is 5.49. The van der Waals surface area contributed by atoms with E-state index in [1.807, 2.05) is 51.1 Å². The molecule has 34 heavy (non-hydrogen) atoms. The number of carbonyl (C=O) groups excluding carboxylic acids is 2. The predicted octanol–water partition coefficient (Wildman–Crippen LogP) is 4.32. The summed E-state index contributed by atoms with van der Waals surface area (Å²) in [5.41, 5.74) is 6.62. The van der Waals surface area contributed by atoms with Crippen molar-refractivity contribution in [2.24, 2.45) is 5.10 Å². The number of hydrazone groups is 1. The number of anilines is 1. The molecule has 0 atom stereocenters. The Balaban J connectivity index is 1.45. The minimum Gasteiger partial charge on any atom is -0.482 e. The van der Waals surface area contributed by atoms with Crippen LogP contribution in [0, 0.1) is 20.8 Å². The summed E-state index contributed by atoms with van der Waals surface area (Å²) >= 11 is 7.49. The van der Waals surface area contributed by atoms with E-state index in [0.717, 1.165) is 17.0 Å². The average molecular weight is 498 g/mol. The highest BCUT2D eigenvalue weighted by Gasteiger charge is 2.08. The monoisotopic (exact) mass is 497 g/mol. The molecule has 3 aromatic rings. The van der Waals surface area contributed by atoms with Gasteiger partial charge in [-0.1, -0.05) is 41.1 Å². The molecule has 0 aliphatic carbocycles. The molecule has 0 saturated heterocycles. The molecule has 176 valence electrons. The number of benzene rings is 2. The fourth-order valence-electron chi connectivity index (χ4n) is 2.79. The summed E-state index contributed by atoms with van der Waals surface area (Å²) in [6, 6.07) is 14.3. The predicted molar refractivity (Wildman–Crippen MR) is 135 cm³/mol. The van der Waals surface area contributed by atoms with Crippen molar-refractivity contribution in [1.29, 1.82) is 0 Å². The van der Waals surface area contributed by atoms with Gasteiger partial charge in [-0.15, -0.1) is 0 Å². The van der Waals surface area contributed by atoms with Crippen LogP contribution in [0.15, 0.2) is 58.8 Å². The van der Waals surface area contributed by atoms with Gasteiger partial charge in [-0.2, -0.15) is 5.10 Å². The van der Waals surface area contributed by atoms with E-state index in [0.29, 0.717) is 27.2 Å². The summed E-state index contributed by atoms with van der Waals surface area (Å²) in [5.74, 6) is -0.0722. The van der Waals surface area contributed by atoms with E-state index in [1.165, 1.54) is 18.0 Å². The second kappa shape index (κ2) is 12.2. The largest absolute Gasteiger partial charge is 0.482 e. The summed E-state index contributed by atoms with van der Waals surface area (Å²) in [6.07, 6.45) is 1.47. The Hall–Kier alpha value is -3.43. The fraction of sp³-hybridized carbons (Fsp3) is 0.208. The number of aromatic nitrogens is 2. The van der Waals surface area contributed by atoms with E-state index in [1.54, 1.807) is 18.2 Å². The Morgan fingerprint density at radius 1 is 1.03 bits per heavy atom. The maximum absolute atomic E-state index is 12.1. The number of aryl methyl sites for hydroxylation is 3. The lowest BCUT2D eigenvalue weighted by molar-refractivity contribution is -0.119. The second-order valence-electron chi connectivity index (χ2n) is 7.41. The van der Waals surface area contributed by atoms with Crippen LogP contribution >= 0.6 is 23.4 Å². The minimum absolute atomic E-state index is 0.137. The third-order valence-electron chi connectivity index (χ3n) is 4.35. The zero-order valence-corrected chi connectivity index (χ0v) is 20.5. The molecule has 0 aliphatic rings. The fourth-order valence-corrected chi connectivity index (χ4v) is 3.78. The maximum Gasteiger partial charge on any atom is 0.262 e. The zero-order valence-electron chi connectivity index (χ0n) is 19.0. The van der Waals surface area contributed by atoms with Gasteiger partial charge in [0.15, 0.2) is 11.8 Å². The lowest BCUT2D eigenvalue weighted by Crippen LogP contribution is -2.20. The normalized spacial score (nSPS) is 10.8. The lowest BCUT2D eigenvalue weighted by Gasteiger charge is -2.09. The smallest absolute Gasteiger partial charge is 0.262 e. The van der Waals surface area contributed by atoms with Crippen LogP contribution in [0.1, 0.15) is 22.5 Å². The van der Waals surface area contributed by atoms with Crippen LogP contribution in [0.3, 0.4) is 0 Å². The molecule has 0 radical (unpaired) electrons. The van der Waals surface area contributed by atoms with E-state index in [2.05, 4.69) is 25.8 Å². The first-order valence-corrected chi connectivity index (χ1v) is 11.7. The molecule has 0 bridgehead atoms. The van der Waals surface area contributed by atoms with Gasteiger partial charge in [-0.05, 0) is 62.7 Å². The van der Waals surface area contributed by atoms with Crippen molar-refractivity contribution in [3.63, 3.8) is 0 Å². The number of thioether (sulfide) groups is 1. The molecule has 0 aliphatic heterocycles. The standard InChI is InChI=1S/C24H24ClN5O3S/c1-15-4-7-19(8-5-15)29-22(31)13-33-21-9-6-18(11-20(21)25)12-26-30-23(32)14-34-24-27-16(2)10-17(3)28-24/h4-12H,13-14H2,1-3H3,(H,29,31)(H,30,32)/b26-12-. The van der Waals surface area contributed by atoms with Gasteiger partial charge in [-0.3, -0.25) is 9.59 Å². The first kappa shape index (κ1) is 25.2. The first-order valence-electron chi connectivity index (χ1n) is 10.3.